The number of rotatable bonds is 5. The molecule has 1 aliphatic heterocycles. The Bertz CT molecular complexity index is 800. The predicted molar refractivity (Wildman–Crippen MR) is 101 cm³/mol. The molecule has 2 heterocycles. The molecule has 2 atom stereocenters. The SMILES string of the molecule is CC[C@H]1c2c(SCC(=O)Nc3cccc(F)c3)nc(C)nc2S[C@@H]1C. The Labute approximate surface area is 155 Å². The number of anilines is 1. The highest BCUT2D eigenvalue weighted by Crippen LogP contribution is 2.48. The number of carbonyl (C=O) groups excluding carboxylic acids is 1. The molecule has 25 heavy (non-hydrogen) atoms. The van der Waals surface area contributed by atoms with Gasteiger partial charge in [0.25, 0.3) is 0 Å². The van der Waals surface area contributed by atoms with Crippen LogP contribution in [0.4, 0.5) is 10.1 Å². The minimum absolute atomic E-state index is 0.174. The van der Waals surface area contributed by atoms with Crippen molar-refractivity contribution in [2.45, 2.75) is 48.4 Å². The molecule has 7 heteroatoms. The molecule has 1 amide bonds. The molecule has 1 aromatic heterocycles. The summed E-state index contributed by atoms with van der Waals surface area (Å²) in [5.74, 6) is 0.825. The van der Waals surface area contributed by atoms with Gasteiger partial charge in [-0.1, -0.05) is 31.7 Å². The molecule has 1 aromatic carbocycles. The number of thioether (sulfide) groups is 2. The van der Waals surface area contributed by atoms with E-state index in [0.29, 0.717) is 16.9 Å². The molecule has 1 N–H and O–H groups in total. The third-order valence-electron chi connectivity index (χ3n) is 4.11. The van der Waals surface area contributed by atoms with Crippen LogP contribution in [0.25, 0.3) is 0 Å². The number of carbonyl (C=O) groups is 1. The van der Waals surface area contributed by atoms with Gasteiger partial charge in [-0.3, -0.25) is 4.79 Å². The quantitative estimate of drug-likeness (QED) is 0.607. The van der Waals surface area contributed by atoms with Gasteiger partial charge in [0.2, 0.25) is 5.91 Å². The van der Waals surface area contributed by atoms with E-state index in [-0.39, 0.29) is 17.5 Å². The van der Waals surface area contributed by atoms with Crippen LogP contribution >= 0.6 is 23.5 Å². The summed E-state index contributed by atoms with van der Waals surface area (Å²) in [7, 11) is 0. The lowest BCUT2D eigenvalue weighted by molar-refractivity contribution is -0.113. The van der Waals surface area contributed by atoms with E-state index >= 15 is 0 Å². The first-order valence-electron chi connectivity index (χ1n) is 8.21. The van der Waals surface area contributed by atoms with E-state index in [1.807, 2.05) is 6.92 Å². The van der Waals surface area contributed by atoms with Crippen LogP contribution in [0.3, 0.4) is 0 Å². The second kappa shape index (κ2) is 7.74. The van der Waals surface area contributed by atoms with Crippen molar-refractivity contribution in [3.8, 4) is 0 Å². The fraction of sp³-hybridized carbons (Fsp3) is 0.389. The molecule has 2 aromatic rings. The van der Waals surface area contributed by atoms with E-state index in [1.165, 1.54) is 29.5 Å². The summed E-state index contributed by atoms with van der Waals surface area (Å²) >= 11 is 3.21. The summed E-state index contributed by atoms with van der Waals surface area (Å²) in [6, 6.07) is 5.90. The normalized spacial score (nSPS) is 18.9. The van der Waals surface area contributed by atoms with E-state index < -0.39 is 0 Å². The molecular weight excluding hydrogens is 357 g/mol. The van der Waals surface area contributed by atoms with E-state index in [0.717, 1.165) is 22.3 Å². The Balaban J connectivity index is 1.72. The molecule has 0 radical (unpaired) electrons. The zero-order valence-corrected chi connectivity index (χ0v) is 16.0. The van der Waals surface area contributed by atoms with Gasteiger partial charge in [0.1, 0.15) is 21.7 Å². The molecule has 0 fully saturated rings. The van der Waals surface area contributed by atoms with Crippen LogP contribution in [0.5, 0.6) is 0 Å². The van der Waals surface area contributed by atoms with E-state index in [9.17, 15) is 9.18 Å². The number of aryl methyl sites for hydroxylation is 1. The minimum Gasteiger partial charge on any atom is -0.325 e. The van der Waals surface area contributed by atoms with Gasteiger partial charge in [0.15, 0.2) is 0 Å². The van der Waals surface area contributed by atoms with Crippen molar-refractivity contribution < 1.29 is 9.18 Å². The van der Waals surface area contributed by atoms with Crippen molar-refractivity contribution in [3.63, 3.8) is 0 Å². The lowest BCUT2D eigenvalue weighted by Crippen LogP contribution is -2.15. The zero-order chi connectivity index (χ0) is 18.0. The van der Waals surface area contributed by atoms with E-state index in [4.69, 9.17) is 0 Å². The van der Waals surface area contributed by atoms with Gasteiger partial charge in [0.05, 0.1) is 5.75 Å². The number of halogens is 1. The average Bonchev–Trinajstić information content (AvgIpc) is 2.87. The van der Waals surface area contributed by atoms with Gasteiger partial charge in [0, 0.05) is 22.4 Å². The zero-order valence-electron chi connectivity index (χ0n) is 14.4. The molecule has 0 saturated heterocycles. The molecule has 3 rings (SSSR count). The second-order valence-corrected chi connectivity index (χ2v) is 8.31. The monoisotopic (exact) mass is 377 g/mol. The van der Waals surface area contributed by atoms with Gasteiger partial charge in [-0.25, -0.2) is 14.4 Å². The average molecular weight is 378 g/mol. The maximum absolute atomic E-state index is 13.2. The maximum Gasteiger partial charge on any atom is 0.234 e. The molecular formula is C18H20FN3OS2. The third-order valence-corrected chi connectivity index (χ3v) is 6.34. The Hall–Kier alpha value is -1.60. The number of nitrogens with one attached hydrogen (secondary N) is 1. The van der Waals surface area contributed by atoms with Crippen molar-refractivity contribution in [2.75, 3.05) is 11.1 Å². The third kappa shape index (κ3) is 4.15. The van der Waals surface area contributed by atoms with Crippen molar-refractivity contribution in [1.82, 2.24) is 9.97 Å². The summed E-state index contributed by atoms with van der Waals surface area (Å²) in [6.07, 6.45) is 1.02. The number of fused-ring (bicyclic) bond motifs is 1. The van der Waals surface area contributed by atoms with Gasteiger partial charge in [-0.15, -0.1) is 11.8 Å². The Morgan fingerprint density at radius 1 is 1.40 bits per heavy atom. The summed E-state index contributed by atoms with van der Waals surface area (Å²) in [5.41, 5.74) is 1.64. The number of amides is 1. The second-order valence-electron chi connectivity index (χ2n) is 5.98. The summed E-state index contributed by atoms with van der Waals surface area (Å²) in [4.78, 5) is 21.3. The standard InChI is InChI=1S/C18H20FN3OS2/c1-4-14-10(2)25-18-16(14)17(20-11(3)21-18)24-9-15(23)22-13-7-5-6-12(19)8-13/h5-8,10,14H,4,9H2,1-3H3,(H,22,23)/t10-,14-/m1/s1. The van der Waals surface area contributed by atoms with Crippen molar-refractivity contribution >= 4 is 35.1 Å². The van der Waals surface area contributed by atoms with Gasteiger partial charge < -0.3 is 5.32 Å². The minimum atomic E-state index is -0.369. The number of aromatic nitrogens is 2. The first-order chi connectivity index (χ1) is 12.0. The van der Waals surface area contributed by atoms with Crippen molar-refractivity contribution in [1.29, 1.82) is 0 Å². The first-order valence-corrected chi connectivity index (χ1v) is 10.1. The summed E-state index contributed by atoms with van der Waals surface area (Å²) < 4.78 is 13.2. The summed E-state index contributed by atoms with van der Waals surface area (Å²) in [5, 5.41) is 5.12. The van der Waals surface area contributed by atoms with Gasteiger partial charge >= 0.3 is 0 Å². The molecule has 0 saturated carbocycles. The molecule has 0 unspecified atom stereocenters. The molecule has 1 aliphatic rings. The van der Waals surface area contributed by atoms with Crippen LogP contribution in [0.15, 0.2) is 34.3 Å². The highest BCUT2D eigenvalue weighted by Gasteiger charge is 2.33. The Kier molecular flexibility index (Phi) is 5.64. The number of hydrogen-bond acceptors (Lipinski definition) is 5. The molecule has 0 spiro atoms. The molecule has 0 aliphatic carbocycles. The van der Waals surface area contributed by atoms with Crippen LogP contribution in [0.1, 0.15) is 37.6 Å². The largest absolute Gasteiger partial charge is 0.325 e. The maximum atomic E-state index is 13.2. The highest BCUT2D eigenvalue weighted by atomic mass is 32.2. The fourth-order valence-corrected chi connectivity index (χ4v) is 5.38. The summed E-state index contributed by atoms with van der Waals surface area (Å²) in [6.45, 7) is 6.25. The van der Waals surface area contributed by atoms with Crippen LogP contribution < -0.4 is 5.32 Å². The Morgan fingerprint density at radius 2 is 2.20 bits per heavy atom. The van der Waals surface area contributed by atoms with Gasteiger partial charge in [-0.2, -0.15) is 0 Å². The molecule has 0 bridgehead atoms. The Morgan fingerprint density at radius 3 is 2.92 bits per heavy atom. The van der Waals surface area contributed by atoms with Gasteiger partial charge in [-0.05, 0) is 31.5 Å². The number of benzene rings is 1. The number of nitrogens with zero attached hydrogens (tertiary/aromatic N) is 2. The first kappa shape index (κ1) is 18.2. The van der Waals surface area contributed by atoms with Crippen molar-refractivity contribution in [2.24, 2.45) is 0 Å². The lowest BCUT2D eigenvalue weighted by Gasteiger charge is -2.15. The predicted octanol–water partition coefficient (Wildman–Crippen LogP) is 4.64. The van der Waals surface area contributed by atoms with Crippen molar-refractivity contribution in [3.05, 3.63) is 41.5 Å². The van der Waals surface area contributed by atoms with E-state index in [1.54, 1.807) is 23.9 Å². The molecule has 132 valence electrons. The smallest absolute Gasteiger partial charge is 0.234 e. The molecule has 4 nitrogen and oxygen atoms in total. The van der Waals surface area contributed by atoms with Crippen LogP contribution in [-0.2, 0) is 4.79 Å². The van der Waals surface area contributed by atoms with Crippen LogP contribution in [0, 0.1) is 12.7 Å². The number of hydrogen-bond donors (Lipinski definition) is 1. The van der Waals surface area contributed by atoms with E-state index in [2.05, 4.69) is 29.1 Å². The highest BCUT2D eigenvalue weighted by molar-refractivity contribution is 8.01. The van der Waals surface area contributed by atoms with Crippen LogP contribution in [0.2, 0.25) is 0 Å². The fourth-order valence-electron chi connectivity index (χ4n) is 2.97. The lowest BCUT2D eigenvalue weighted by atomic mass is 9.96. The topological polar surface area (TPSA) is 54.9 Å². The van der Waals surface area contributed by atoms with Crippen LogP contribution in [-0.4, -0.2) is 26.9 Å².